The lowest BCUT2D eigenvalue weighted by Crippen LogP contribution is -2.58. The van der Waals surface area contributed by atoms with Crippen LogP contribution in [-0.2, 0) is 17.9 Å². The minimum atomic E-state index is -0.985. The average Bonchev–Trinajstić information content (AvgIpc) is 3.35. The Morgan fingerprint density at radius 3 is 2.49 bits per heavy atom. The molecule has 37 heavy (non-hydrogen) atoms. The molecule has 1 fully saturated rings. The van der Waals surface area contributed by atoms with Crippen molar-refractivity contribution in [2.45, 2.75) is 39.1 Å². The molecule has 0 spiro atoms. The van der Waals surface area contributed by atoms with E-state index >= 15 is 0 Å². The van der Waals surface area contributed by atoms with Gasteiger partial charge >= 0.3 is 5.97 Å². The number of benzene rings is 2. The van der Waals surface area contributed by atoms with E-state index in [0.29, 0.717) is 36.2 Å². The van der Waals surface area contributed by atoms with Crippen molar-refractivity contribution in [2.24, 2.45) is 0 Å². The number of amides is 1. The maximum atomic E-state index is 13.2. The fourth-order valence-corrected chi connectivity index (χ4v) is 5.17. The van der Waals surface area contributed by atoms with Crippen molar-refractivity contribution in [3.8, 4) is 11.5 Å². The zero-order valence-corrected chi connectivity index (χ0v) is 22.1. The standard InChI is InChI=1S/C27H28ClFN2O5S/c1-17-13-31(18(2)12-30(17)14-19-3-6-21(29)7-4-19)26(32)16-36-23-9-5-20(28)11-24(23)35-15-22-8-10-25(37-22)27(33)34/h3-11,17-18H,12-16H2,1-2H3,(H,33,34). The summed E-state index contributed by atoms with van der Waals surface area (Å²) in [5, 5.41) is 9.55. The van der Waals surface area contributed by atoms with Gasteiger partial charge in [0, 0.05) is 47.7 Å². The number of aromatic carboxylic acids is 1. The van der Waals surface area contributed by atoms with Crippen LogP contribution in [0.25, 0.3) is 0 Å². The van der Waals surface area contributed by atoms with Crippen LogP contribution in [-0.4, -0.2) is 58.6 Å². The number of rotatable bonds is 9. The van der Waals surface area contributed by atoms with Gasteiger partial charge in [0.05, 0.1) is 0 Å². The van der Waals surface area contributed by atoms with Gasteiger partial charge in [-0.05, 0) is 55.8 Å². The number of hydrogen-bond acceptors (Lipinski definition) is 6. The van der Waals surface area contributed by atoms with E-state index in [1.807, 2.05) is 11.8 Å². The Balaban J connectivity index is 1.34. The zero-order valence-electron chi connectivity index (χ0n) is 20.5. The van der Waals surface area contributed by atoms with Crippen molar-refractivity contribution in [1.82, 2.24) is 9.80 Å². The van der Waals surface area contributed by atoms with Gasteiger partial charge in [0.25, 0.3) is 5.91 Å². The molecule has 0 bridgehead atoms. The maximum absolute atomic E-state index is 13.2. The first-order valence-electron chi connectivity index (χ1n) is 11.8. The lowest BCUT2D eigenvalue weighted by Gasteiger charge is -2.44. The number of hydrogen-bond donors (Lipinski definition) is 1. The predicted molar refractivity (Wildman–Crippen MR) is 140 cm³/mol. The summed E-state index contributed by atoms with van der Waals surface area (Å²) in [6.45, 7) is 6.00. The molecular formula is C27H28ClFN2O5S. The summed E-state index contributed by atoms with van der Waals surface area (Å²) >= 11 is 7.26. The largest absolute Gasteiger partial charge is 0.484 e. The fourth-order valence-electron chi connectivity index (χ4n) is 4.25. The summed E-state index contributed by atoms with van der Waals surface area (Å²) in [6, 6.07) is 14.7. The van der Waals surface area contributed by atoms with Gasteiger partial charge in [-0.3, -0.25) is 9.69 Å². The molecule has 2 heterocycles. The van der Waals surface area contributed by atoms with Crippen molar-refractivity contribution in [1.29, 1.82) is 0 Å². The van der Waals surface area contributed by atoms with E-state index in [1.165, 1.54) is 18.2 Å². The van der Waals surface area contributed by atoms with E-state index in [0.717, 1.165) is 21.8 Å². The Hall–Kier alpha value is -3.14. The van der Waals surface area contributed by atoms with E-state index in [1.54, 1.807) is 36.4 Å². The van der Waals surface area contributed by atoms with E-state index < -0.39 is 5.97 Å². The zero-order chi connectivity index (χ0) is 26.5. The van der Waals surface area contributed by atoms with Crippen LogP contribution in [0.2, 0.25) is 5.02 Å². The van der Waals surface area contributed by atoms with Gasteiger partial charge in [0.1, 0.15) is 17.3 Å². The molecule has 2 atom stereocenters. The summed E-state index contributed by atoms with van der Waals surface area (Å²) in [6.07, 6.45) is 0. The van der Waals surface area contributed by atoms with Gasteiger partial charge in [-0.25, -0.2) is 9.18 Å². The van der Waals surface area contributed by atoms with Crippen LogP contribution < -0.4 is 9.47 Å². The monoisotopic (exact) mass is 546 g/mol. The molecule has 196 valence electrons. The van der Waals surface area contributed by atoms with Crippen LogP contribution in [0.4, 0.5) is 4.39 Å². The third kappa shape index (κ3) is 7.00. The third-order valence-electron chi connectivity index (χ3n) is 6.23. The van der Waals surface area contributed by atoms with E-state index in [9.17, 15) is 14.0 Å². The van der Waals surface area contributed by atoms with E-state index in [4.69, 9.17) is 26.2 Å². The quantitative estimate of drug-likeness (QED) is 0.391. The second-order valence-electron chi connectivity index (χ2n) is 9.04. The number of carbonyl (C=O) groups is 2. The molecule has 3 aromatic rings. The van der Waals surface area contributed by atoms with Crippen LogP contribution >= 0.6 is 22.9 Å². The summed E-state index contributed by atoms with van der Waals surface area (Å²) in [5.41, 5.74) is 1.03. The SMILES string of the molecule is CC1CN(C(=O)COc2ccc(Cl)cc2OCc2ccc(C(=O)O)s2)C(C)CN1Cc1ccc(F)cc1. The second kappa shape index (κ2) is 11.9. The van der Waals surface area contributed by atoms with Crippen molar-refractivity contribution in [3.63, 3.8) is 0 Å². The Bertz CT molecular complexity index is 1250. The number of nitrogens with zero attached hydrogens (tertiary/aromatic N) is 2. The molecule has 1 saturated heterocycles. The molecule has 0 saturated carbocycles. The first kappa shape index (κ1) is 26.9. The molecule has 1 N–H and O–H groups in total. The Kier molecular flexibility index (Phi) is 8.68. The predicted octanol–water partition coefficient (Wildman–Crippen LogP) is 5.32. The number of piperazine rings is 1. The molecule has 0 radical (unpaired) electrons. The van der Waals surface area contributed by atoms with Gasteiger partial charge < -0.3 is 19.5 Å². The van der Waals surface area contributed by atoms with Crippen molar-refractivity contribution < 1.29 is 28.6 Å². The first-order valence-corrected chi connectivity index (χ1v) is 13.0. The van der Waals surface area contributed by atoms with Gasteiger partial charge in [0.2, 0.25) is 0 Å². The third-order valence-corrected chi connectivity index (χ3v) is 7.52. The average molecular weight is 547 g/mol. The molecule has 4 rings (SSSR count). The highest BCUT2D eigenvalue weighted by Crippen LogP contribution is 2.32. The summed E-state index contributed by atoms with van der Waals surface area (Å²) in [5.74, 6) is -0.624. The molecule has 2 unspecified atom stereocenters. The smallest absolute Gasteiger partial charge is 0.345 e. The molecule has 10 heteroatoms. The van der Waals surface area contributed by atoms with Crippen molar-refractivity contribution >= 4 is 34.8 Å². The molecule has 0 aliphatic carbocycles. The number of carbonyl (C=O) groups excluding carboxylic acids is 1. The number of carboxylic acid groups (broad SMARTS) is 1. The summed E-state index contributed by atoms with van der Waals surface area (Å²) < 4.78 is 24.9. The van der Waals surface area contributed by atoms with Crippen LogP contribution in [0.5, 0.6) is 11.5 Å². The first-order chi connectivity index (χ1) is 17.7. The lowest BCUT2D eigenvalue weighted by atomic mass is 10.1. The highest BCUT2D eigenvalue weighted by Gasteiger charge is 2.32. The molecule has 1 aliphatic heterocycles. The van der Waals surface area contributed by atoms with Gasteiger partial charge in [0.15, 0.2) is 18.1 Å². The minimum absolute atomic E-state index is 0.0176. The number of halogens is 2. The highest BCUT2D eigenvalue weighted by atomic mass is 35.5. The number of thiophene rings is 1. The fraction of sp³-hybridized carbons (Fsp3) is 0.333. The van der Waals surface area contributed by atoms with Gasteiger partial charge in [-0.2, -0.15) is 0 Å². The highest BCUT2D eigenvalue weighted by molar-refractivity contribution is 7.13. The van der Waals surface area contributed by atoms with Gasteiger partial charge in [-0.1, -0.05) is 23.7 Å². The Labute approximate surface area is 224 Å². The Morgan fingerprint density at radius 1 is 1.03 bits per heavy atom. The normalized spacial score (nSPS) is 18.0. The molecular weight excluding hydrogens is 519 g/mol. The Morgan fingerprint density at radius 2 is 1.78 bits per heavy atom. The molecule has 1 amide bonds. The molecule has 1 aliphatic rings. The minimum Gasteiger partial charge on any atom is -0.484 e. The summed E-state index contributed by atoms with van der Waals surface area (Å²) in [7, 11) is 0. The van der Waals surface area contributed by atoms with Crippen molar-refractivity contribution in [3.05, 3.63) is 80.8 Å². The van der Waals surface area contributed by atoms with Crippen LogP contribution in [0, 0.1) is 5.82 Å². The summed E-state index contributed by atoms with van der Waals surface area (Å²) in [4.78, 5) is 29.2. The van der Waals surface area contributed by atoms with E-state index in [-0.39, 0.29) is 41.9 Å². The van der Waals surface area contributed by atoms with Gasteiger partial charge in [-0.15, -0.1) is 11.3 Å². The number of carboxylic acids is 1. The van der Waals surface area contributed by atoms with E-state index in [2.05, 4.69) is 11.8 Å². The van der Waals surface area contributed by atoms with Crippen molar-refractivity contribution in [2.75, 3.05) is 19.7 Å². The topological polar surface area (TPSA) is 79.3 Å². The number of ether oxygens (including phenoxy) is 2. The molecule has 2 aromatic carbocycles. The lowest BCUT2D eigenvalue weighted by molar-refractivity contribution is -0.139. The van der Waals surface area contributed by atoms with Crippen LogP contribution in [0.15, 0.2) is 54.6 Å². The van der Waals surface area contributed by atoms with Crippen LogP contribution in [0.1, 0.15) is 34.0 Å². The molecule has 7 nitrogen and oxygen atoms in total. The second-order valence-corrected chi connectivity index (χ2v) is 10.6. The maximum Gasteiger partial charge on any atom is 0.345 e. The van der Waals surface area contributed by atoms with Crippen LogP contribution in [0.3, 0.4) is 0 Å². The molecule has 1 aromatic heterocycles.